The summed E-state index contributed by atoms with van der Waals surface area (Å²) < 4.78 is 52.9. The fraction of sp³-hybridized carbons (Fsp3) is 0.435. The number of nitrogens with one attached hydrogen (secondary N) is 1. The van der Waals surface area contributed by atoms with Crippen molar-refractivity contribution in [2.75, 3.05) is 54.6 Å². The first kappa shape index (κ1) is 23.8. The number of alkyl halides is 4. The molecular weight excluding hydrogens is 450 g/mol. The van der Waals surface area contributed by atoms with E-state index in [0.717, 1.165) is 17.5 Å². The molecule has 0 amide bonds. The number of nitrogens with zero attached hydrogens (tertiary/aromatic N) is 5. The van der Waals surface area contributed by atoms with E-state index in [9.17, 15) is 17.6 Å². The molecule has 1 saturated heterocycles. The number of hydrogen-bond acceptors (Lipinski definition) is 7. The molecule has 1 fully saturated rings. The van der Waals surface area contributed by atoms with Gasteiger partial charge in [0.2, 0.25) is 5.95 Å². The van der Waals surface area contributed by atoms with Gasteiger partial charge in [0.25, 0.3) is 0 Å². The molecule has 1 aliphatic rings. The Labute approximate surface area is 195 Å². The van der Waals surface area contributed by atoms with Crippen molar-refractivity contribution < 1.29 is 17.6 Å². The lowest BCUT2D eigenvalue weighted by atomic mass is 10.1. The predicted molar refractivity (Wildman–Crippen MR) is 126 cm³/mol. The molecule has 0 bridgehead atoms. The highest BCUT2D eigenvalue weighted by molar-refractivity contribution is 5.91. The molecule has 34 heavy (non-hydrogen) atoms. The van der Waals surface area contributed by atoms with Crippen LogP contribution < -0.4 is 20.9 Å². The fourth-order valence-corrected chi connectivity index (χ4v) is 3.95. The van der Waals surface area contributed by atoms with Gasteiger partial charge in [-0.05, 0) is 49.1 Å². The Balaban J connectivity index is 1.59. The summed E-state index contributed by atoms with van der Waals surface area (Å²) in [5.74, 6) is 1.75. The molecule has 1 aromatic carbocycles. The van der Waals surface area contributed by atoms with Gasteiger partial charge in [-0.15, -0.1) is 0 Å². The third-order valence-corrected chi connectivity index (χ3v) is 5.75. The van der Waals surface area contributed by atoms with E-state index in [1.54, 1.807) is 11.1 Å². The number of rotatable bonds is 6. The summed E-state index contributed by atoms with van der Waals surface area (Å²) in [4.78, 5) is 17.4. The minimum Gasteiger partial charge on any atom is -0.399 e. The summed E-state index contributed by atoms with van der Waals surface area (Å²) in [6, 6.07) is 5.45. The maximum absolute atomic E-state index is 13.6. The highest BCUT2D eigenvalue weighted by Gasteiger charge is 2.31. The third-order valence-electron chi connectivity index (χ3n) is 5.75. The van der Waals surface area contributed by atoms with E-state index in [1.165, 1.54) is 6.07 Å². The molecule has 0 saturated carbocycles. The molecule has 3 aromatic rings. The lowest BCUT2D eigenvalue weighted by molar-refractivity contribution is -0.137. The standard InChI is InChI=1S/C23H27F4N7/c1-33(2)22-31-19-13-30-20(34-7-4-16(24)5-8-34)12-18(19)21(32-22)29-6-3-14-9-15(23(25,26)27)11-17(28)10-14/h9-13,16H,3-8,28H2,1-2H3,(H,29,31,32). The van der Waals surface area contributed by atoms with Crippen molar-refractivity contribution in [2.24, 2.45) is 0 Å². The van der Waals surface area contributed by atoms with Gasteiger partial charge in [-0.3, -0.25) is 0 Å². The van der Waals surface area contributed by atoms with E-state index in [0.29, 0.717) is 67.6 Å². The van der Waals surface area contributed by atoms with Gasteiger partial charge < -0.3 is 20.9 Å². The largest absolute Gasteiger partial charge is 0.416 e. The van der Waals surface area contributed by atoms with Crippen molar-refractivity contribution >= 4 is 34.2 Å². The summed E-state index contributed by atoms with van der Waals surface area (Å²) >= 11 is 0. The first-order chi connectivity index (χ1) is 16.1. The van der Waals surface area contributed by atoms with E-state index in [1.807, 2.05) is 25.1 Å². The van der Waals surface area contributed by atoms with Gasteiger partial charge in [0.05, 0.1) is 17.3 Å². The van der Waals surface area contributed by atoms with E-state index in [4.69, 9.17) is 5.73 Å². The molecule has 0 spiro atoms. The topological polar surface area (TPSA) is 83.2 Å². The number of nitrogen functional groups attached to an aromatic ring is 1. The molecule has 0 unspecified atom stereocenters. The molecule has 1 aliphatic heterocycles. The van der Waals surface area contributed by atoms with Crippen LogP contribution in [-0.2, 0) is 12.6 Å². The van der Waals surface area contributed by atoms with Crippen LogP contribution >= 0.6 is 0 Å². The second-order valence-corrected chi connectivity index (χ2v) is 8.63. The number of piperidine rings is 1. The Morgan fingerprint density at radius 1 is 1.12 bits per heavy atom. The zero-order chi connectivity index (χ0) is 24.5. The average molecular weight is 478 g/mol. The van der Waals surface area contributed by atoms with Gasteiger partial charge in [0.1, 0.15) is 17.8 Å². The number of benzene rings is 1. The SMILES string of the molecule is CN(C)c1nc(NCCc2cc(N)cc(C(F)(F)F)c2)c2cc(N3CCC(F)CC3)ncc2n1. The Bertz CT molecular complexity index is 1160. The Hall–Kier alpha value is -3.37. The average Bonchev–Trinajstić information content (AvgIpc) is 2.78. The summed E-state index contributed by atoms with van der Waals surface area (Å²) in [5, 5.41) is 3.98. The van der Waals surface area contributed by atoms with Crippen LogP contribution in [0.15, 0.2) is 30.5 Å². The van der Waals surface area contributed by atoms with Crippen LogP contribution in [-0.4, -0.2) is 54.9 Å². The molecular formula is C23H27F4N7. The number of aromatic nitrogens is 3. The Morgan fingerprint density at radius 2 is 1.85 bits per heavy atom. The van der Waals surface area contributed by atoms with Gasteiger partial charge in [-0.2, -0.15) is 18.2 Å². The lowest BCUT2D eigenvalue weighted by Crippen LogP contribution is -2.34. The van der Waals surface area contributed by atoms with Crippen LogP contribution in [0.5, 0.6) is 0 Å². The van der Waals surface area contributed by atoms with Crippen molar-refractivity contribution in [3.05, 3.63) is 41.6 Å². The monoisotopic (exact) mass is 477 g/mol. The zero-order valence-corrected chi connectivity index (χ0v) is 19.0. The van der Waals surface area contributed by atoms with Gasteiger partial charge >= 0.3 is 6.18 Å². The van der Waals surface area contributed by atoms with E-state index < -0.39 is 17.9 Å². The summed E-state index contributed by atoms with van der Waals surface area (Å²) in [6.07, 6.45) is -2.34. The second-order valence-electron chi connectivity index (χ2n) is 8.63. The van der Waals surface area contributed by atoms with Crippen LogP contribution in [0.2, 0.25) is 0 Å². The first-order valence-electron chi connectivity index (χ1n) is 11.0. The van der Waals surface area contributed by atoms with Crippen LogP contribution in [0.4, 0.5) is 40.8 Å². The van der Waals surface area contributed by atoms with Gasteiger partial charge in [0.15, 0.2) is 0 Å². The molecule has 0 radical (unpaired) electrons. The smallest absolute Gasteiger partial charge is 0.399 e. The molecule has 0 atom stereocenters. The number of anilines is 4. The van der Waals surface area contributed by atoms with Crippen molar-refractivity contribution in [1.82, 2.24) is 15.0 Å². The van der Waals surface area contributed by atoms with Crippen LogP contribution in [0.1, 0.15) is 24.0 Å². The van der Waals surface area contributed by atoms with Crippen molar-refractivity contribution in [3.8, 4) is 0 Å². The van der Waals surface area contributed by atoms with Crippen molar-refractivity contribution in [2.45, 2.75) is 31.6 Å². The molecule has 2 aromatic heterocycles. The Kier molecular flexibility index (Phi) is 6.63. The third kappa shape index (κ3) is 5.40. The molecule has 7 nitrogen and oxygen atoms in total. The molecule has 182 valence electrons. The van der Waals surface area contributed by atoms with Gasteiger partial charge in [-0.25, -0.2) is 14.4 Å². The second kappa shape index (κ2) is 9.47. The molecule has 3 N–H and O–H groups in total. The number of fused-ring (bicyclic) bond motifs is 1. The molecule has 11 heteroatoms. The lowest BCUT2D eigenvalue weighted by Gasteiger charge is -2.29. The number of pyridine rings is 1. The first-order valence-corrected chi connectivity index (χ1v) is 11.0. The number of nitrogens with two attached hydrogens (primary N) is 1. The normalized spacial score (nSPS) is 15.1. The number of hydrogen-bond donors (Lipinski definition) is 2. The quantitative estimate of drug-likeness (QED) is 0.405. The van der Waals surface area contributed by atoms with Gasteiger partial charge in [-0.1, -0.05) is 0 Å². The van der Waals surface area contributed by atoms with Crippen LogP contribution in [0, 0.1) is 0 Å². The van der Waals surface area contributed by atoms with Crippen molar-refractivity contribution in [3.63, 3.8) is 0 Å². The summed E-state index contributed by atoms with van der Waals surface area (Å²) in [5.41, 5.74) is 6.09. The minimum atomic E-state index is -4.46. The minimum absolute atomic E-state index is 0.0694. The Morgan fingerprint density at radius 3 is 2.53 bits per heavy atom. The highest BCUT2D eigenvalue weighted by Crippen LogP contribution is 2.32. The van der Waals surface area contributed by atoms with Crippen LogP contribution in [0.25, 0.3) is 10.9 Å². The summed E-state index contributed by atoms with van der Waals surface area (Å²) in [7, 11) is 3.64. The molecule has 4 rings (SSSR count). The zero-order valence-electron chi connectivity index (χ0n) is 19.0. The predicted octanol–water partition coefficient (Wildman–Crippen LogP) is 4.28. The van der Waals surface area contributed by atoms with E-state index >= 15 is 0 Å². The van der Waals surface area contributed by atoms with Crippen molar-refractivity contribution in [1.29, 1.82) is 0 Å². The highest BCUT2D eigenvalue weighted by atomic mass is 19.4. The molecule has 3 heterocycles. The maximum atomic E-state index is 13.6. The fourth-order valence-electron chi connectivity index (χ4n) is 3.95. The van der Waals surface area contributed by atoms with Crippen LogP contribution in [0.3, 0.4) is 0 Å². The number of halogens is 4. The van der Waals surface area contributed by atoms with E-state index in [-0.39, 0.29) is 5.69 Å². The van der Waals surface area contributed by atoms with Gasteiger partial charge in [0, 0.05) is 44.8 Å². The maximum Gasteiger partial charge on any atom is 0.416 e. The van der Waals surface area contributed by atoms with E-state index in [2.05, 4.69) is 20.3 Å². The molecule has 0 aliphatic carbocycles. The summed E-state index contributed by atoms with van der Waals surface area (Å²) in [6.45, 7) is 1.50.